The molecular weight excluding hydrogens is 416 g/mol. The summed E-state index contributed by atoms with van der Waals surface area (Å²) in [6.45, 7) is 2.50. The van der Waals surface area contributed by atoms with Crippen LogP contribution in [-0.2, 0) is 9.59 Å². The molecule has 3 aliphatic heterocycles. The number of anilines is 1. The van der Waals surface area contributed by atoms with Crippen LogP contribution in [0, 0.1) is 0 Å². The molecule has 4 rings (SSSR count). The molecule has 1 aromatic rings. The average Bonchev–Trinajstić information content (AvgIpc) is 3.02. The minimum Gasteiger partial charge on any atom is -0.384 e. The van der Waals surface area contributed by atoms with Gasteiger partial charge in [0, 0.05) is 44.3 Å². The molecule has 0 bridgehead atoms. The summed E-state index contributed by atoms with van der Waals surface area (Å²) in [5.41, 5.74) is 6.45. The molecule has 2 saturated heterocycles. The number of hydrogen-bond donors (Lipinski definition) is 4. The Morgan fingerprint density at radius 3 is 2.75 bits per heavy atom. The molecule has 0 aromatic heterocycles. The molecule has 3 heterocycles. The lowest BCUT2D eigenvalue weighted by atomic mass is 10.0. The van der Waals surface area contributed by atoms with Crippen LogP contribution in [0.15, 0.2) is 18.2 Å². The monoisotopic (exact) mass is 442 g/mol. The second-order valence-electron chi connectivity index (χ2n) is 8.13. The van der Waals surface area contributed by atoms with Crippen LogP contribution < -0.4 is 21.7 Å². The number of imide groups is 2. The Morgan fingerprint density at radius 2 is 2.00 bits per heavy atom. The SMILES string of the molecule is NC(=O)N1CCNCC1CCCNc1cccc2c1C(=O)N(C1CCC(=O)NC1=O)C2=O. The number of primary amides is 1. The number of nitrogens with two attached hydrogens (primary N) is 1. The summed E-state index contributed by atoms with van der Waals surface area (Å²) in [6, 6.07) is 3.55. The van der Waals surface area contributed by atoms with Gasteiger partial charge in [0.25, 0.3) is 11.8 Å². The van der Waals surface area contributed by atoms with E-state index in [0.717, 1.165) is 17.7 Å². The number of benzene rings is 1. The Morgan fingerprint density at radius 1 is 1.19 bits per heavy atom. The van der Waals surface area contributed by atoms with E-state index in [1.807, 2.05) is 0 Å². The quantitative estimate of drug-likeness (QED) is 0.346. The predicted octanol–water partition coefficient (Wildman–Crippen LogP) is -0.368. The second kappa shape index (κ2) is 8.95. The number of hydrogen-bond acceptors (Lipinski definition) is 7. The topological polar surface area (TPSA) is 154 Å². The maximum Gasteiger partial charge on any atom is 0.315 e. The van der Waals surface area contributed by atoms with Gasteiger partial charge in [-0.2, -0.15) is 0 Å². The Kier molecular flexibility index (Phi) is 6.08. The Bertz CT molecular complexity index is 979. The van der Waals surface area contributed by atoms with Crippen LogP contribution in [0.1, 0.15) is 46.4 Å². The van der Waals surface area contributed by atoms with Crippen LogP contribution in [0.4, 0.5) is 10.5 Å². The van der Waals surface area contributed by atoms with Crippen molar-refractivity contribution in [3.8, 4) is 0 Å². The van der Waals surface area contributed by atoms with Crippen LogP contribution in [-0.4, -0.2) is 77.7 Å². The van der Waals surface area contributed by atoms with E-state index in [4.69, 9.17) is 5.73 Å². The zero-order valence-corrected chi connectivity index (χ0v) is 17.6. The molecule has 11 heteroatoms. The molecule has 3 aliphatic rings. The number of urea groups is 1. The molecule has 0 spiro atoms. The van der Waals surface area contributed by atoms with Crippen LogP contribution in [0.2, 0.25) is 0 Å². The number of piperazine rings is 1. The average molecular weight is 442 g/mol. The number of carbonyl (C=O) groups excluding carboxylic acids is 5. The highest BCUT2D eigenvalue weighted by molar-refractivity contribution is 6.25. The first-order valence-corrected chi connectivity index (χ1v) is 10.7. The van der Waals surface area contributed by atoms with Gasteiger partial charge in [0.2, 0.25) is 11.8 Å². The zero-order chi connectivity index (χ0) is 22.8. The number of carbonyl (C=O) groups is 5. The molecule has 32 heavy (non-hydrogen) atoms. The number of rotatable bonds is 6. The lowest BCUT2D eigenvalue weighted by molar-refractivity contribution is -0.136. The van der Waals surface area contributed by atoms with Crippen molar-refractivity contribution in [1.29, 1.82) is 0 Å². The molecule has 0 saturated carbocycles. The zero-order valence-electron chi connectivity index (χ0n) is 17.6. The number of piperidine rings is 1. The van der Waals surface area contributed by atoms with Gasteiger partial charge in [0.15, 0.2) is 0 Å². The van der Waals surface area contributed by atoms with Crippen LogP contribution in [0.25, 0.3) is 0 Å². The smallest absolute Gasteiger partial charge is 0.315 e. The third-order valence-corrected chi connectivity index (χ3v) is 6.13. The van der Waals surface area contributed by atoms with Gasteiger partial charge in [-0.1, -0.05) is 6.07 Å². The van der Waals surface area contributed by atoms with Gasteiger partial charge >= 0.3 is 6.03 Å². The fraction of sp³-hybridized carbons (Fsp3) is 0.476. The van der Waals surface area contributed by atoms with Crippen molar-refractivity contribution in [2.75, 3.05) is 31.5 Å². The molecule has 1 aromatic carbocycles. The van der Waals surface area contributed by atoms with Gasteiger partial charge in [0.05, 0.1) is 11.1 Å². The van der Waals surface area contributed by atoms with Crippen LogP contribution in [0.3, 0.4) is 0 Å². The summed E-state index contributed by atoms with van der Waals surface area (Å²) >= 11 is 0. The molecule has 170 valence electrons. The first-order chi connectivity index (χ1) is 15.4. The number of amides is 6. The van der Waals surface area contributed by atoms with E-state index < -0.39 is 35.7 Å². The van der Waals surface area contributed by atoms with Gasteiger partial charge in [0.1, 0.15) is 6.04 Å². The molecule has 6 amide bonds. The first-order valence-electron chi connectivity index (χ1n) is 10.7. The van der Waals surface area contributed by atoms with Gasteiger partial charge in [-0.25, -0.2) is 4.79 Å². The minimum absolute atomic E-state index is 0.00997. The van der Waals surface area contributed by atoms with E-state index in [0.29, 0.717) is 31.9 Å². The van der Waals surface area contributed by atoms with E-state index in [2.05, 4.69) is 16.0 Å². The Balaban J connectivity index is 1.41. The summed E-state index contributed by atoms with van der Waals surface area (Å²) in [7, 11) is 0. The van der Waals surface area contributed by atoms with E-state index in [1.165, 1.54) is 0 Å². The predicted molar refractivity (Wildman–Crippen MR) is 114 cm³/mol. The summed E-state index contributed by atoms with van der Waals surface area (Å²) < 4.78 is 0. The van der Waals surface area contributed by atoms with Crippen molar-refractivity contribution in [2.24, 2.45) is 5.73 Å². The highest BCUT2D eigenvalue weighted by Gasteiger charge is 2.45. The van der Waals surface area contributed by atoms with Gasteiger partial charge in [-0.3, -0.25) is 29.4 Å². The molecule has 0 radical (unpaired) electrons. The summed E-state index contributed by atoms with van der Waals surface area (Å²) in [4.78, 5) is 63.8. The summed E-state index contributed by atoms with van der Waals surface area (Å²) in [5.74, 6) is -2.12. The maximum absolute atomic E-state index is 13.1. The van der Waals surface area contributed by atoms with E-state index in [-0.39, 0.29) is 30.0 Å². The lowest BCUT2D eigenvalue weighted by Gasteiger charge is -2.35. The van der Waals surface area contributed by atoms with Gasteiger partial charge in [-0.05, 0) is 31.4 Å². The fourth-order valence-electron chi connectivity index (χ4n) is 4.53. The molecular formula is C21H26N6O5. The third kappa shape index (κ3) is 4.03. The number of fused-ring (bicyclic) bond motifs is 1. The lowest BCUT2D eigenvalue weighted by Crippen LogP contribution is -2.55. The molecule has 0 aliphatic carbocycles. The van der Waals surface area contributed by atoms with E-state index in [9.17, 15) is 24.0 Å². The van der Waals surface area contributed by atoms with Crippen molar-refractivity contribution in [3.63, 3.8) is 0 Å². The molecule has 2 fully saturated rings. The van der Waals surface area contributed by atoms with Crippen molar-refractivity contribution in [1.82, 2.24) is 20.4 Å². The van der Waals surface area contributed by atoms with Crippen LogP contribution >= 0.6 is 0 Å². The largest absolute Gasteiger partial charge is 0.384 e. The minimum atomic E-state index is -0.994. The number of nitrogens with one attached hydrogen (secondary N) is 3. The van der Waals surface area contributed by atoms with Gasteiger partial charge < -0.3 is 21.3 Å². The maximum atomic E-state index is 13.1. The van der Waals surface area contributed by atoms with Gasteiger partial charge in [-0.15, -0.1) is 0 Å². The van der Waals surface area contributed by atoms with E-state index in [1.54, 1.807) is 23.1 Å². The van der Waals surface area contributed by atoms with Crippen LogP contribution in [0.5, 0.6) is 0 Å². The number of nitrogens with zero attached hydrogens (tertiary/aromatic N) is 2. The summed E-state index contributed by atoms with van der Waals surface area (Å²) in [6.07, 6.45) is 1.64. The molecule has 11 nitrogen and oxygen atoms in total. The normalized spacial score (nSPS) is 23.2. The fourth-order valence-corrected chi connectivity index (χ4v) is 4.53. The third-order valence-electron chi connectivity index (χ3n) is 6.13. The van der Waals surface area contributed by atoms with E-state index >= 15 is 0 Å². The second-order valence-corrected chi connectivity index (χ2v) is 8.13. The molecule has 5 N–H and O–H groups in total. The van der Waals surface area contributed by atoms with Crippen molar-refractivity contribution < 1.29 is 24.0 Å². The highest BCUT2D eigenvalue weighted by Crippen LogP contribution is 2.32. The van der Waals surface area contributed by atoms with Crippen molar-refractivity contribution in [3.05, 3.63) is 29.3 Å². The molecule has 2 unspecified atom stereocenters. The molecule has 2 atom stereocenters. The van der Waals surface area contributed by atoms with Crippen molar-refractivity contribution >= 4 is 35.3 Å². The Labute approximate surface area is 184 Å². The van der Waals surface area contributed by atoms with Crippen molar-refractivity contribution in [2.45, 2.75) is 37.8 Å². The summed E-state index contributed by atoms with van der Waals surface area (Å²) in [5, 5.41) is 8.66. The highest BCUT2D eigenvalue weighted by atomic mass is 16.2. The Hall–Kier alpha value is -3.47. The standard InChI is InChI=1S/C21H26N6O5/c22-21(32)26-10-9-23-11-12(26)3-2-8-24-14-5-1-4-13-17(14)20(31)27(19(13)30)15-6-7-16(28)25-18(15)29/h1,4-5,12,15,23-24H,2-3,6-11H2,(H2,22,32)(H,25,28,29). The first kappa shape index (κ1) is 21.8.